The largest absolute Gasteiger partial charge is 0.192 e. The van der Waals surface area contributed by atoms with E-state index < -0.39 is 0 Å². The van der Waals surface area contributed by atoms with Crippen LogP contribution in [0.15, 0.2) is 72.8 Å². The highest BCUT2D eigenvalue weighted by Gasteiger charge is 2.04. The van der Waals surface area contributed by atoms with Crippen LogP contribution in [0.4, 0.5) is 0 Å². The second-order valence-electron chi connectivity index (χ2n) is 5.70. The fourth-order valence-corrected chi connectivity index (χ4v) is 2.39. The van der Waals surface area contributed by atoms with E-state index in [9.17, 15) is 0 Å². The first-order valence-corrected chi connectivity index (χ1v) is 8.62. The lowest BCUT2D eigenvalue weighted by molar-refractivity contribution is 1.43. The monoisotopic (exact) mass is 347 g/mol. The quantitative estimate of drug-likeness (QED) is 0.370. The van der Waals surface area contributed by atoms with E-state index in [-0.39, 0.29) is 0 Å². The van der Waals surface area contributed by atoms with Gasteiger partial charge in [0.25, 0.3) is 0 Å². The number of hydrogen-bond acceptors (Lipinski definition) is 2. The number of rotatable bonds is 3. The van der Waals surface area contributed by atoms with Crippen molar-refractivity contribution in [2.45, 2.75) is 27.7 Å². The summed E-state index contributed by atoms with van der Waals surface area (Å²) in [4.78, 5) is 0.819. The number of hydrogen-bond donors (Lipinski definition) is 1. The summed E-state index contributed by atoms with van der Waals surface area (Å²) in [6, 6.07) is 18.6. The van der Waals surface area contributed by atoms with E-state index in [0.717, 1.165) is 27.2 Å². The Morgan fingerprint density at radius 1 is 0.880 bits per heavy atom. The Kier molecular flexibility index (Phi) is 8.53. The van der Waals surface area contributed by atoms with Crippen LogP contribution in [0.25, 0.3) is 10.5 Å². The number of allylic oxidation sites excluding steroid dienone is 4. The molecular weight excluding hydrogens is 322 g/mol. The van der Waals surface area contributed by atoms with Gasteiger partial charge in [0.15, 0.2) is 0 Å². The van der Waals surface area contributed by atoms with Crippen molar-refractivity contribution in [2.24, 2.45) is 0 Å². The van der Waals surface area contributed by atoms with Crippen molar-refractivity contribution in [2.75, 3.05) is 0 Å². The summed E-state index contributed by atoms with van der Waals surface area (Å²) in [7, 11) is 0. The third-order valence-corrected chi connectivity index (χ3v) is 3.99. The molecular formula is C23H25NS. The predicted octanol–water partition coefficient (Wildman–Crippen LogP) is 6.76. The number of nitrogens with zero attached hydrogens (tertiary/aromatic N) is 1. The molecule has 0 bridgehead atoms. The standard InChI is InChI=1S/C14H15N.C9H10S/c1-4-12(10-15)14(5-2)13-8-6-11(3)7-9-13;1-7-3-5-9(6-4-7)8(2)10/h4-9H,1-3H3;3-6,10H,2H2,1H3/b12-4-,14-5+;. The first kappa shape index (κ1) is 20.5. The van der Waals surface area contributed by atoms with E-state index in [4.69, 9.17) is 5.26 Å². The molecule has 0 aliphatic carbocycles. The zero-order valence-electron chi connectivity index (χ0n) is 15.4. The second kappa shape index (κ2) is 10.4. The summed E-state index contributed by atoms with van der Waals surface area (Å²) in [5.41, 5.74) is 6.40. The highest BCUT2D eigenvalue weighted by atomic mass is 32.1. The van der Waals surface area contributed by atoms with E-state index >= 15 is 0 Å². The summed E-state index contributed by atoms with van der Waals surface area (Å²) in [6.07, 6.45) is 3.82. The summed E-state index contributed by atoms with van der Waals surface area (Å²) >= 11 is 4.13. The molecule has 0 N–H and O–H groups in total. The first-order valence-electron chi connectivity index (χ1n) is 8.18. The van der Waals surface area contributed by atoms with Gasteiger partial charge < -0.3 is 0 Å². The van der Waals surface area contributed by atoms with Crippen LogP contribution < -0.4 is 0 Å². The molecule has 2 aromatic carbocycles. The maximum atomic E-state index is 8.98. The molecule has 0 radical (unpaired) electrons. The molecule has 0 aromatic heterocycles. The minimum Gasteiger partial charge on any atom is -0.192 e. The normalized spacial score (nSPS) is 11.2. The van der Waals surface area contributed by atoms with Crippen molar-refractivity contribution in [3.05, 3.63) is 95.1 Å². The van der Waals surface area contributed by atoms with Crippen LogP contribution in [0.1, 0.15) is 36.1 Å². The topological polar surface area (TPSA) is 23.8 Å². The van der Waals surface area contributed by atoms with Crippen molar-refractivity contribution in [3.8, 4) is 6.07 Å². The lowest BCUT2D eigenvalue weighted by atomic mass is 9.97. The molecule has 2 rings (SSSR count). The van der Waals surface area contributed by atoms with Crippen LogP contribution in [-0.4, -0.2) is 0 Å². The van der Waals surface area contributed by atoms with Crippen molar-refractivity contribution in [1.82, 2.24) is 0 Å². The van der Waals surface area contributed by atoms with Gasteiger partial charge in [0.05, 0.1) is 11.6 Å². The lowest BCUT2D eigenvalue weighted by Gasteiger charge is -2.05. The van der Waals surface area contributed by atoms with E-state index in [1.54, 1.807) is 0 Å². The van der Waals surface area contributed by atoms with Crippen LogP contribution in [0.5, 0.6) is 0 Å². The molecule has 128 valence electrons. The highest BCUT2D eigenvalue weighted by molar-refractivity contribution is 7.90. The zero-order chi connectivity index (χ0) is 18.8. The van der Waals surface area contributed by atoms with Crippen molar-refractivity contribution in [1.29, 1.82) is 5.26 Å². The van der Waals surface area contributed by atoms with Crippen molar-refractivity contribution in [3.63, 3.8) is 0 Å². The maximum Gasteiger partial charge on any atom is 0.0994 e. The molecule has 0 aliphatic rings. The summed E-state index contributed by atoms with van der Waals surface area (Å²) in [6.45, 7) is 11.7. The van der Waals surface area contributed by atoms with E-state index in [2.05, 4.69) is 63.4 Å². The molecule has 0 heterocycles. The molecule has 0 saturated carbocycles. The molecule has 0 fully saturated rings. The van der Waals surface area contributed by atoms with Gasteiger partial charge in [0.2, 0.25) is 0 Å². The van der Waals surface area contributed by atoms with Crippen LogP contribution in [0.3, 0.4) is 0 Å². The van der Waals surface area contributed by atoms with Crippen molar-refractivity contribution >= 4 is 23.1 Å². The third kappa shape index (κ3) is 6.49. The number of benzene rings is 2. The Labute approximate surface area is 157 Å². The van der Waals surface area contributed by atoms with Gasteiger partial charge in [-0.1, -0.05) is 78.4 Å². The van der Waals surface area contributed by atoms with Gasteiger partial charge in [-0.05, 0) is 44.4 Å². The summed E-state index contributed by atoms with van der Waals surface area (Å²) in [5.74, 6) is 0. The third-order valence-electron chi connectivity index (χ3n) is 3.74. The van der Waals surface area contributed by atoms with Crippen LogP contribution in [0, 0.1) is 25.2 Å². The fourth-order valence-electron chi connectivity index (χ4n) is 2.24. The molecule has 1 nitrogen and oxygen atoms in total. The Morgan fingerprint density at radius 2 is 1.32 bits per heavy atom. The second-order valence-corrected chi connectivity index (χ2v) is 6.24. The summed E-state index contributed by atoms with van der Waals surface area (Å²) in [5, 5.41) is 8.98. The average Bonchev–Trinajstić information content (AvgIpc) is 2.61. The van der Waals surface area contributed by atoms with Crippen LogP contribution >= 0.6 is 12.6 Å². The molecule has 25 heavy (non-hydrogen) atoms. The number of aryl methyl sites for hydroxylation is 2. The summed E-state index contributed by atoms with van der Waals surface area (Å²) < 4.78 is 0. The van der Waals surface area contributed by atoms with E-state index in [1.165, 1.54) is 11.1 Å². The van der Waals surface area contributed by atoms with Gasteiger partial charge in [0, 0.05) is 4.91 Å². The Bertz CT molecular complexity index is 801. The molecule has 0 aliphatic heterocycles. The molecule has 2 aromatic rings. The predicted molar refractivity (Wildman–Crippen MR) is 113 cm³/mol. The van der Waals surface area contributed by atoms with Gasteiger partial charge in [-0.25, -0.2) is 0 Å². The molecule has 0 atom stereocenters. The SMILES string of the molecule is C/C=C(\C(C#N)=C/C)c1ccc(C)cc1.C=C(S)c1ccc(C)cc1. The maximum absolute atomic E-state index is 8.98. The van der Waals surface area contributed by atoms with E-state index in [0.29, 0.717) is 0 Å². The van der Waals surface area contributed by atoms with Crippen LogP contribution in [-0.2, 0) is 0 Å². The minimum atomic E-state index is 0.723. The molecule has 0 saturated heterocycles. The smallest absolute Gasteiger partial charge is 0.0994 e. The average molecular weight is 348 g/mol. The van der Waals surface area contributed by atoms with Crippen molar-refractivity contribution < 1.29 is 0 Å². The Morgan fingerprint density at radius 3 is 1.64 bits per heavy atom. The number of thiol groups is 1. The number of nitriles is 1. The van der Waals surface area contributed by atoms with Gasteiger partial charge in [-0.15, -0.1) is 12.6 Å². The van der Waals surface area contributed by atoms with Gasteiger partial charge >= 0.3 is 0 Å². The molecule has 0 amide bonds. The van der Waals surface area contributed by atoms with Gasteiger partial charge in [-0.3, -0.25) is 0 Å². The highest BCUT2D eigenvalue weighted by Crippen LogP contribution is 2.22. The van der Waals surface area contributed by atoms with Gasteiger partial charge in [0.1, 0.15) is 0 Å². The lowest BCUT2D eigenvalue weighted by Crippen LogP contribution is -1.87. The first-order chi connectivity index (χ1) is 11.9. The molecule has 2 heteroatoms. The molecule has 0 spiro atoms. The van der Waals surface area contributed by atoms with Gasteiger partial charge in [-0.2, -0.15) is 5.26 Å². The molecule has 0 unspecified atom stereocenters. The van der Waals surface area contributed by atoms with E-state index in [1.807, 2.05) is 50.3 Å². The fraction of sp³-hybridized carbons (Fsp3) is 0.174. The van der Waals surface area contributed by atoms with Crippen LogP contribution in [0.2, 0.25) is 0 Å². The Balaban J connectivity index is 0.000000271. The Hall–Kier alpha value is -2.50. The zero-order valence-corrected chi connectivity index (χ0v) is 16.3. The minimum absolute atomic E-state index is 0.723.